The highest BCUT2D eigenvalue weighted by Gasteiger charge is 2.13. The van der Waals surface area contributed by atoms with Gasteiger partial charge >= 0.3 is 0 Å². The maximum Gasteiger partial charge on any atom is 0.250 e. The van der Waals surface area contributed by atoms with Crippen molar-refractivity contribution in [1.82, 2.24) is 20.2 Å². The molecule has 0 radical (unpaired) electrons. The van der Waals surface area contributed by atoms with E-state index in [4.69, 9.17) is 9.47 Å². The molecule has 0 bridgehead atoms. The van der Waals surface area contributed by atoms with Gasteiger partial charge in [0.1, 0.15) is 0 Å². The van der Waals surface area contributed by atoms with Crippen molar-refractivity contribution in [2.75, 3.05) is 20.0 Å². The second-order valence-corrected chi connectivity index (χ2v) is 8.90. The number of benzene rings is 2. The molecule has 1 heterocycles. The van der Waals surface area contributed by atoms with Gasteiger partial charge in [-0.2, -0.15) is 5.10 Å². The standard InChI is InChI=1S/C20H19Br2N5O3S/c1-27-19(13-4-6-14(21)7-5-13)25-26-20(27)31-11-17(28)24-23-10-12-8-15(22)18(30-3)16(9-12)29-2/h4-10H,11H2,1-3H3,(H,24,28)/b23-10+. The largest absolute Gasteiger partial charge is 0.493 e. The van der Waals surface area contributed by atoms with Crippen LogP contribution in [0.2, 0.25) is 0 Å². The maximum absolute atomic E-state index is 12.2. The Morgan fingerprint density at radius 1 is 1.19 bits per heavy atom. The molecule has 0 spiro atoms. The highest BCUT2D eigenvalue weighted by Crippen LogP contribution is 2.35. The Morgan fingerprint density at radius 3 is 2.61 bits per heavy atom. The van der Waals surface area contributed by atoms with E-state index in [1.165, 1.54) is 18.0 Å². The van der Waals surface area contributed by atoms with Crippen LogP contribution in [0, 0.1) is 0 Å². The summed E-state index contributed by atoms with van der Waals surface area (Å²) in [4.78, 5) is 12.2. The molecule has 0 aliphatic rings. The molecule has 0 atom stereocenters. The highest BCUT2D eigenvalue weighted by molar-refractivity contribution is 9.10. The van der Waals surface area contributed by atoms with Crippen LogP contribution in [0.15, 0.2) is 55.6 Å². The smallest absolute Gasteiger partial charge is 0.250 e. The molecule has 0 aliphatic heterocycles. The van der Waals surface area contributed by atoms with E-state index in [1.807, 2.05) is 41.9 Å². The molecule has 31 heavy (non-hydrogen) atoms. The molecule has 3 rings (SSSR count). The highest BCUT2D eigenvalue weighted by atomic mass is 79.9. The van der Waals surface area contributed by atoms with E-state index in [1.54, 1.807) is 20.3 Å². The summed E-state index contributed by atoms with van der Waals surface area (Å²) in [5, 5.41) is 13.0. The molecule has 1 N–H and O–H groups in total. The van der Waals surface area contributed by atoms with Crippen LogP contribution in [0.4, 0.5) is 0 Å². The summed E-state index contributed by atoms with van der Waals surface area (Å²) in [6.45, 7) is 0. The van der Waals surface area contributed by atoms with Gasteiger partial charge in [0, 0.05) is 17.1 Å². The van der Waals surface area contributed by atoms with Gasteiger partial charge in [0.15, 0.2) is 22.5 Å². The Hall–Kier alpha value is -2.37. The van der Waals surface area contributed by atoms with Gasteiger partial charge in [-0.1, -0.05) is 39.8 Å². The summed E-state index contributed by atoms with van der Waals surface area (Å²) >= 11 is 8.13. The Morgan fingerprint density at radius 2 is 1.94 bits per heavy atom. The zero-order valence-electron chi connectivity index (χ0n) is 16.9. The molecule has 0 fully saturated rings. The number of halogens is 2. The molecular weight excluding hydrogens is 550 g/mol. The summed E-state index contributed by atoms with van der Waals surface area (Å²) in [5.41, 5.74) is 4.20. The number of nitrogens with zero attached hydrogens (tertiary/aromatic N) is 4. The fraction of sp³-hybridized carbons (Fsp3) is 0.200. The Balaban J connectivity index is 1.58. The normalized spacial score (nSPS) is 11.0. The average molecular weight is 569 g/mol. The number of ether oxygens (including phenoxy) is 2. The van der Waals surface area contributed by atoms with E-state index in [9.17, 15) is 4.79 Å². The number of carbonyl (C=O) groups is 1. The quantitative estimate of drug-likeness (QED) is 0.248. The van der Waals surface area contributed by atoms with Crippen LogP contribution in [-0.4, -0.2) is 46.9 Å². The van der Waals surface area contributed by atoms with Crippen LogP contribution in [0.1, 0.15) is 5.56 Å². The summed E-state index contributed by atoms with van der Waals surface area (Å²) in [6, 6.07) is 11.4. The van der Waals surface area contributed by atoms with Crippen LogP contribution in [0.25, 0.3) is 11.4 Å². The van der Waals surface area contributed by atoms with Crippen LogP contribution < -0.4 is 14.9 Å². The lowest BCUT2D eigenvalue weighted by atomic mass is 10.2. The predicted octanol–water partition coefficient (Wildman–Crippen LogP) is 4.27. The number of amides is 1. The van der Waals surface area contributed by atoms with E-state index in [-0.39, 0.29) is 11.7 Å². The topological polar surface area (TPSA) is 90.6 Å². The third kappa shape index (κ3) is 5.86. The number of nitrogens with one attached hydrogen (secondary N) is 1. The first-order chi connectivity index (χ1) is 14.9. The van der Waals surface area contributed by atoms with Gasteiger partial charge in [0.25, 0.3) is 5.91 Å². The minimum absolute atomic E-state index is 0.152. The third-order valence-corrected chi connectivity index (χ3v) is 6.27. The Kier molecular flexibility index (Phi) is 8.10. The zero-order valence-corrected chi connectivity index (χ0v) is 20.9. The second-order valence-electron chi connectivity index (χ2n) is 6.19. The molecule has 3 aromatic rings. The van der Waals surface area contributed by atoms with Crippen molar-refractivity contribution in [3.05, 3.63) is 50.9 Å². The van der Waals surface area contributed by atoms with Crippen LogP contribution in [0.3, 0.4) is 0 Å². The lowest BCUT2D eigenvalue weighted by Crippen LogP contribution is -2.19. The fourth-order valence-electron chi connectivity index (χ4n) is 2.64. The van der Waals surface area contributed by atoms with Gasteiger partial charge in [0.05, 0.1) is 30.7 Å². The second kappa shape index (κ2) is 10.8. The molecule has 1 amide bonds. The summed E-state index contributed by atoms with van der Waals surface area (Å²) < 4.78 is 14.1. The first kappa shape index (κ1) is 23.3. The van der Waals surface area contributed by atoms with Crippen molar-refractivity contribution in [3.63, 3.8) is 0 Å². The number of hydrogen-bond acceptors (Lipinski definition) is 7. The number of thioether (sulfide) groups is 1. The Labute approximate surface area is 200 Å². The van der Waals surface area contributed by atoms with Gasteiger partial charge in [-0.15, -0.1) is 10.2 Å². The molecule has 1 aromatic heterocycles. The molecule has 2 aromatic carbocycles. The first-order valence-electron chi connectivity index (χ1n) is 8.94. The lowest BCUT2D eigenvalue weighted by molar-refractivity contribution is -0.118. The summed E-state index contributed by atoms with van der Waals surface area (Å²) in [7, 11) is 4.98. The van der Waals surface area contributed by atoms with Gasteiger partial charge in [0.2, 0.25) is 0 Å². The van der Waals surface area contributed by atoms with Crippen LogP contribution in [0.5, 0.6) is 11.5 Å². The van der Waals surface area contributed by atoms with Crippen molar-refractivity contribution in [3.8, 4) is 22.9 Å². The van der Waals surface area contributed by atoms with Crippen molar-refractivity contribution in [1.29, 1.82) is 0 Å². The lowest BCUT2D eigenvalue weighted by Gasteiger charge is -2.10. The average Bonchev–Trinajstić information content (AvgIpc) is 3.12. The fourth-order valence-corrected chi connectivity index (χ4v) is 4.23. The van der Waals surface area contributed by atoms with E-state index in [0.717, 1.165) is 25.9 Å². The predicted molar refractivity (Wildman–Crippen MR) is 128 cm³/mol. The molecular formula is C20H19Br2N5O3S. The number of methoxy groups -OCH3 is 2. The first-order valence-corrected chi connectivity index (χ1v) is 11.5. The van der Waals surface area contributed by atoms with E-state index < -0.39 is 0 Å². The Bertz CT molecular complexity index is 1100. The molecule has 162 valence electrons. The molecule has 8 nitrogen and oxygen atoms in total. The number of hydrazone groups is 1. The zero-order chi connectivity index (χ0) is 22.4. The summed E-state index contributed by atoms with van der Waals surface area (Å²) in [5.74, 6) is 1.77. The summed E-state index contributed by atoms with van der Waals surface area (Å²) in [6.07, 6.45) is 1.53. The van der Waals surface area contributed by atoms with Crippen LogP contribution in [-0.2, 0) is 11.8 Å². The minimum Gasteiger partial charge on any atom is -0.493 e. The van der Waals surface area contributed by atoms with E-state index >= 15 is 0 Å². The molecule has 11 heteroatoms. The van der Waals surface area contributed by atoms with Gasteiger partial charge < -0.3 is 14.0 Å². The number of hydrogen-bond donors (Lipinski definition) is 1. The molecule has 0 aliphatic carbocycles. The molecule has 0 unspecified atom stereocenters. The van der Waals surface area contributed by atoms with Crippen molar-refractivity contribution < 1.29 is 14.3 Å². The minimum atomic E-state index is -0.256. The molecule has 0 saturated heterocycles. The van der Waals surface area contributed by atoms with Crippen molar-refractivity contribution >= 4 is 55.7 Å². The number of carbonyl (C=O) groups excluding carboxylic acids is 1. The maximum atomic E-state index is 12.2. The van der Waals surface area contributed by atoms with E-state index in [2.05, 4.69) is 52.6 Å². The van der Waals surface area contributed by atoms with Gasteiger partial charge in [-0.25, -0.2) is 5.43 Å². The van der Waals surface area contributed by atoms with Gasteiger partial charge in [-0.05, 0) is 45.8 Å². The molecule has 0 saturated carbocycles. The SMILES string of the molecule is COc1cc(/C=N/NC(=O)CSc2nnc(-c3ccc(Br)cc3)n2C)cc(Br)c1OC. The van der Waals surface area contributed by atoms with Crippen LogP contribution >= 0.6 is 43.6 Å². The van der Waals surface area contributed by atoms with Crippen molar-refractivity contribution in [2.24, 2.45) is 12.1 Å². The van der Waals surface area contributed by atoms with E-state index in [0.29, 0.717) is 16.7 Å². The monoisotopic (exact) mass is 567 g/mol. The third-order valence-electron chi connectivity index (χ3n) is 4.13. The van der Waals surface area contributed by atoms with Crippen molar-refractivity contribution in [2.45, 2.75) is 5.16 Å². The number of rotatable bonds is 8. The van der Waals surface area contributed by atoms with Gasteiger partial charge in [-0.3, -0.25) is 4.79 Å². The number of aromatic nitrogens is 3.